The Balaban J connectivity index is 2.15. The monoisotopic (exact) mass is 242 g/mol. The number of hydrogen-bond acceptors (Lipinski definition) is 1. The van der Waals surface area contributed by atoms with E-state index in [4.69, 9.17) is 0 Å². The van der Waals surface area contributed by atoms with Crippen LogP contribution in [0, 0.1) is 12.3 Å². The van der Waals surface area contributed by atoms with Gasteiger partial charge in [-0.2, -0.15) is 5.10 Å². The van der Waals surface area contributed by atoms with E-state index < -0.39 is 0 Å². The lowest BCUT2D eigenvalue weighted by Gasteiger charge is -2.12. The molecular formula is C16H22N2. The van der Waals surface area contributed by atoms with Gasteiger partial charge < -0.3 is 0 Å². The first kappa shape index (κ1) is 12.9. The molecule has 0 N–H and O–H groups in total. The third-order valence-corrected chi connectivity index (χ3v) is 3.29. The molecule has 0 fully saturated rings. The molecule has 1 aliphatic rings. The highest BCUT2D eigenvalue weighted by Crippen LogP contribution is 2.23. The minimum Gasteiger partial charge on any atom is -0.268 e. The van der Waals surface area contributed by atoms with Gasteiger partial charge >= 0.3 is 0 Å². The second kappa shape index (κ2) is 4.97. The highest BCUT2D eigenvalue weighted by molar-refractivity contribution is 5.31. The summed E-state index contributed by atoms with van der Waals surface area (Å²) in [6.45, 7) is 9.55. The maximum absolute atomic E-state index is 4.61. The summed E-state index contributed by atoms with van der Waals surface area (Å²) in [5.74, 6) is 0. The smallest absolute Gasteiger partial charge is 0.0659 e. The van der Waals surface area contributed by atoms with Crippen LogP contribution >= 0.6 is 0 Å². The summed E-state index contributed by atoms with van der Waals surface area (Å²) in [4.78, 5) is 0. The van der Waals surface area contributed by atoms with E-state index in [9.17, 15) is 0 Å². The highest BCUT2D eigenvalue weighted by atomic mass is 15.3. The number of aromatic nitrogens is 2. The minimum absolute atomic E-state index is 0.146. The Morgan fingerprint density at radius 3 is 2.72 bits per heavy atom. The van der Waals surface area contributed by atoms with Gasteiger partial charge in [-0.1, -0.05) is 51.2 Å². The third-order valence-electron chi connectivity index (χ3n) is 3.29. The number of nitrogens with zero attached hydrogens (tertiary/aromatic N) is 2. The SMILES string of the molecule is CCc1nn(CC2=CC=CC(C)(C)C=C2)cc1C. The molecular weight excluding hydrogens is 220 g/mol. The summed E-state index contributed by atoms with van der Waals surface area (Å²) in [6, 6.07) is 0. The van der Waals surface area contributed by atoms with Crippen molar-refractivity contribution in [2.45, 2.75) is 40.7 Å². The molecule has 0 unspecified atom stereocenters. The van der Waals surface area contributed by atoms with Crippen LogP contribution in [0.2, 0.25) is 0 Å². The van der Waals surface area contributed by atoms with E-state index in [1.807, 2.05) is 4.68 Å². The molecule has 0 aliphatic heterocycles. The first-order valence-corrected chi connectivity index (χ1v) is 6.61. The van der Waals surface area contributed by atoms with Crippen LogP contribution in [0.5, 0.6) is 0 Å². The Bertz CT molecular complexity index is 513. The van der Waals surface area contributed by atoms with Crippen molar-refractivity contribution < 1.29 is 0 Å². The van der Waals surface area contributed by atoms with Crippen molar-refractivity contribution in [3.63, 3.8) is 0 Å². The van der Waals surface area contributed by atoms with E-state index in [2.05, 4.69) is 69.4 Å². The standard InChI is InChI=1S/C16H22N2/c1-5-15-13(2)11-18(17-15)12-14-7-6-9-16(3,4)10-8-14/h6-11H,5,12H2,1-4H3. The second-order valence-corrected chi connectivity index (χ2v) is 5.57. The Labute approximate surface area is 110 Å². The molecule has 1 aromatic rings. The van der Waals surface area contributed by atoms with E-state index in [1.54, 1.807) is 0 Å². The molecule has 0 bridgehead atoms. The van der Waals surface area contributed by atoms with E-state index in [-0.39, 0.29) is 5.41 Å². The quantitative estimate of drug-likeness (QED) is 0.787. The van der Waals surface area contributed by atoms with E-state index in [0.29, 0.717) is 0 Å². The van der Waals surface area contributed by atoms with Crippen LogP contribution in [0.1, 0.15) is 32.0 Å². The molecule has 0 atom stereocenters. The predicted octanol–water partition coefficient (Wildman–Crippen LogP) is 3.83. The molecule has 1 heterocycles. The van der Waals surface area contributed by atoms with Gasteiger partial charge in [0.15, 0.2) is 0 Å². The van der Waals surface area contributed by atoms with Gasteiger partial charge in [0.25, 0.3) is 0 Å². The molecule has 0 amide bonds. The maximum atomic E-state index is 4.61. The molecule has 0 spiro atoms. The van der Waals surface area contributed by atoms with Crippen molar-refractivity contribution in [3.05, 3.63) is 53.4 Å². The Morgan fingerprint density at radius 1 is 1.28 bits per heavy atom. The first-order chi connectivity index (χ1) is 8.50. The van der Waals surface area contributed by atoms with Crippen molar-refractivity contribution in [2.75, 3.05) is 0 Å². The number of rotatable bonds is 3. The molecule has 96 valence electrons. The summed E-state index contributed by atoms with van der Waals surface area (Å²) < 4.78 is 2.04. The van der Waals surface area contributed by atoms with Crippen molar-refractivity contribution in [2.24, 2.45) is 5.41 Å². The van der Waals surface area contributed by atoms with Gasteiger partial charge in [-0.3, -0.25) is 4.68 Å². The lowest BCUT2D eigenvalue weighted by Crippen LogP contribution is -2.02. The van der Waals surface area contributed by atoms with Crippen molar-refractivity contribution >= 4 is 0 Å². The lowest BCUT2D eigenvalue weighted by atomic mass is 9.93. The molecule has 1 aliphatic carbocycles. The van der Waals surface area contributed by atoms with Crippen LogP contribution in [0.4, 0.5) is 0 Å². The zero-order valence-electron chi connectivity index (χ0n) is 11.8. The Hall–Kier alpha value is -1.57. The van der Waals surface area contributed by atoms with E-state index in [1.165, 1.54) is 16.8 Å². The summed E-state index contributed by atoms with van der Waals surface area (Å²) >= 11 is 0. The fourth-order valence-electron chi connectivity index (χ4n) is 2.14. The lowest BCUT2D eigenvalue weighted by molar-refractivity contribution is 0.625. The molecule has 0 aromatic carbocycles. The van der Waals surface area contributed by atoms with Crippen molar-refractivity contribution in [3.8, 4) is 0 Å². The fourth-order valence-corrected chi connectivity index (χ4v) is 2.14. The molecule has 1 aromatic heterocycles. The van der Waals surface area contributed by atoms with Gasteiger partial charge in [0.2, 0.25) is 0 Å². The minimum atomic E-state index is 0.146. The maximum Gasteiger partial charge on any atom is 0.0659 e. The van der Waals surface area contributed by atoms with Gasteiger partial charge in [0, 0.05) is 11.6 Å². The summed E-state index contributed by atoms with van der Waals surface area (Å²) in [7, 11) is 0. The number of allylic oxidation sites excluding steroid dienone is 6. The van der Waals surface area contributed by atoms with Gasteiger partial charge in [-0.25, -0.2) is 0 Å². The largest absolute Gasteiger partial charge is 0.268 e. The second-order valence-electron chi connectivity index (χ2n) is 5.57. The van der Waals surface area contributed by atoms with E-state index >= 15 is 0 Å². The number of hydrogen-bond donors (Lipinski definition) is 0. The summed E-state index contributed by atoms with van der Waals surface area (Å²) in [5, 5.41) is 4.61. The average molecular weight is 242 g/mol. The predicted molar refractivity (Wildman–Crippen MR) is 76.5 cm³/mol. The Morgan fingerprint density at radius 2 is 2.06 bits per heavy atom. The summed E-state index contributed by atoms with van der Waals surface area (Å²) in [5.41, 5.74) is 3.92. The average Bonchev–Trinajstić information content (AvgIpc) is 2.56. The zero-order chi connectivity index (χ0) is 13.2. The molecule has 0 saturated heterocycles. The molecule has 2 heteroatoms. The van der Waals surface area contributed by atoms with Crippen LogP contribution in [-0.4, -0.2) is 9.78 Å². The van der Waals surface area contributed by atoms with Gasteiger partial charge in [0.05, 0.1) is 12.2 Å². The zero-order valence-corrected chi connectivity index (χ0v) is 11.8. The fraction of sp³-hybridized carbons (Fsp3) is 0.438. The summed E-state index contributed by atoms with van der Waals surface area (Å²) in [6.07, 6.45) is 14.1. The molecule has 18 heavy (non-hydrogen) atoms. The molecule has 2 nitrogen and oxygen atoms in total. The molecule has 0 saturated carbocycles. The van der Waals surface area contributed by atoms with Crippen LogP contribution in [0.25, 0.3) is 0 Å². The van der Waals surface area contributed by atoms with Crippen LogP contribution in [0.3, 0.4) is 0 Å². The topological polar surface area (TPSA) is 17.8 Å². The van der Waals surface area contributed by atoms with Crippen molar-refractivity contribution in [1.29, 1.82) is 0 Å². The highest BCUT2D eigenvalue weighted by Gasteiger charge is 2.11. The van der Waals surface area contributed by atoms with Gasteiger partial charge in [-0.15, -0.1) is 0 Å². The number of aryl methyl sites for hydroxylation is 2. The van der Waals surface area contributed by atoms with Crippen LogP contribution in [0.15, 0.2) is 42.2 Å². The third kappa shape index (κ3) is 3.00. The Kier molecular flexibility index (Phi) is 3.55. The molecule has 0 radical (unpaired) electrons. The normalized spacial score (nSPS) is 17.7. The van der Waals surface area contributed by atoms with Crippen LogP contribution in [-0.2, 0) is 13.0 Å². The van der Waals surface area contributed by atoms with Crippen LogP contribution < -0.4 is 0 Å². The first-order valence-electron chi connectivity index (χ1n) is 6.61. The van der Waals surface area contributed by atoms with Crippen molar-refractivity contribution in [1.82, 2.24) is 9.78 Å². The van der Waals surface area contributed by atoms with E-state index in [0.717, 1.165) is 13.0 Å². The van der Waals surface area contributed by atoms with Gasteiger partial charge in [0.1, 0.15) is 0 Å². The molecule has 2 rings (SSSR count). The van der Waals surface area contributed by atoms with Gasteiger partial charge in [-0.05, 0) is 24.5 Å².